The van der Waals surface area contributed by atoms with Crippen molar-refractivity contribution in [3.8, 4) is 0 Å². The van der Waals surface area contributed by atoms with Crippen LogP contribution >= 0.6 is 35.7 Å². The summed E-state index contributed by atoms with van der Waals surface area (Å²) in [5.41, 5.74) is 0.529. The molecule has 3 aliphatic carbocycles. The van der Waals surface area contributed by atoms with E-state index in [1.807, 2.05) is 11.8 Å². The van der Waals surface area contributed by atoms with Gasteiger partial charge in [-0.2, -0.15) is 5.11 Å². The van der Waals surface area contributed by atoms with Gasteiger partial charge in [-0.15, -0.1) is 16.9 Å². The normalized spacial score (nSPS) is 47.0. The Morgan fingerprint density at radius 3 is 2.71 bits per heavy atom. The SMILES string of the molecule is CC1(SC2N=NC(=S)S2)CCC2CC1C2(C)C. The molecule has 5 heteroatoms. The van der Waals surface area contributed by atoms with Crippen LogP contribution < -0.4 is 0 Å². The fourth-order valence-corrected chi connectivity index (χ4v) is 7.17. The molecule has 94 valence electrons. The first-order valence-corrected chi connectivity index (χ1v) is 8.38. The second kappa shape index (κ2) is 3.94. The number of fused-ring (bicyclic) bond motifs is 2. The summed E-state index contributed by atoms with van der Waals surface area (Å²) in [7, 11) is 0. The van der Waals surface area contributed by atoms with E-state index in [1.165, 1.54) is 19.3 Å². The Kier molecular flexibility index (Phi) is 2.88. The number of thioether (sulfide) groups is 2. The van der Waals surface area contributed by atoms with Crippen molar-refractivity contribution in [1.82, 2.24) is 0 Å². The summed E-state index contributed by atoms with van der Waals surface area (Å²) in [6.07, 6.45) is 4.12. The Morgan fingerprint density at radius 2 is 2.18 bits per heavy atom. The fourth-order valence-electron chi connectivity index (χ4n) is 3.82. The van der Waals surface area contributed by atoms with Crippen LogP contribution in [-0.2, 0) is 0 Å². The maximum Gasteiger partial charge on any atom is 0.184 e. The Hall–Kier alpha value is 0.390. The van der Waals surface area contributed by atoms with Crippen LogP contribution in [0.2, 0.25) is 0 Å². The van der Waals surface area contributed by atoms with E-state index in [4.69, 9.17) is 12.2 Å². The fraction of sp³-hybridized carbons (Fsp3) is 0.917. The molecule has 3 fully saturated rings. The van der Waals surface area contributed by atoms with Gasteiger partial charge < -0.3 is 0 Å². The number of nitrogens with zero attached hydrogens (tertiary/aromatic N) is 2. The summed E-state index contributed by atoms with van der Waals surface area (Å²) in [5, 5.41) is 8.25. The van der Waals surface area contributed by atoms with Gasteiger partial charge in [-0.05, 0) is 48.7 Å². The van der Waals surface area contributed by atoms with Crippen LogP contribution in [0.1, 0.15) is 40.0 Å². The highest BCUT2D eigenvalue weighted by molar-refractivity contribution is 8.30. The number of thiocarbonyl (C=S) groups is 1. The predicted octanol–water partition coefficient (Wildman–Crippen LogP) is 4.70. The zero-order valence-electron chi connectivity index (χ0n) is 10.5. The molecule has 0 saturated heterocycles. The molecule has 4 unspecified atom stereocenters. The molecule has 17 heavy (non-hydrogen) atoms. The van der Waals surface area contributed by atoms with Gasteiger partial charge in [-0.1, -0.05) is 32.5 Å². The first-order chi connectivity index (χ1) is 7.92. The average Bonchev–Trinajstić information content (AvgIpc) is 2.62. The van der Waals surface area contributed by atoms with Crippen molar-refractivity contribution in [1.29, 1.82) is 0 Å². The highest BCUT2D eigenvalue weighted by Gasteiger charge is 2.60. The molecule has 0 amide bonds. The third kappa shape index (κ3) is 1.89. The summed E-state index contributed by atoms with van der Waals surface area (Å²) in [5.74, 6) is 1.80. The second-order valence-electron chi connectivity index (χ2n) is 6.18. The van der Waals surface area contributed by atoms with Crippen LogP contribution in [0.4, 0.5) is 0 Å². The molecule has 2 bridgehead atoms. The van der Waals surface area contributed by atoms with Crippen molar-refractivity contribution in [2.45, 2.75) is 49.5 Å². The molecule has 0 N–H and O–H groups in total. The van der Waals surface area contributed by atoms with Crippen LogP contribution in [0.5, 0.6) is 0 Å². The monoisotopic (exact) mass is 286 g/mol. The molecule has 0 radical (unpaired) electrons. The number of rotatable bonds is 2. The van der Waals surface area contributed by atoms with Gasteiger partial charge >= 0.3 is 0 Å². The maximum atomic E-state index is 5.07. The maximum absolute atomic E-state index is 5.07. The quantitative estimate of drug-likeness (QED) is 0.688. The molecule has 2 nitrogen and oxygen atoms in total. The van der Waals surface area contributed by atoms with Crippen LogP contribution in [0, 0.1) is 17.3 Å². The van der Waals surface area contributed by atoms with Crippen molar-refractivity contribution < 1.29 is 0 Å². The number of azo groups is 1. The molecule has 0 spiro atoms. The Balaban J connectivity index is 1.73. The van der Waals surface area contributed by atoms with E-state index in [-0.39, 0.29) is 4.71 Å². The second-order valence-corrected chi connectivity index (χ2v) is 9.81. The first-order valence-electron chi connectivity index (χ1n) is 6.21. The molecule has 0 aromatic heterocycles. The third-order valence-electron chi connectivity index (χ3n) is 5.00. The van der Waals surface area contributed by atoms with Gasteiger partial charge in [0.15, 0.2) is 9.03 Å². The largest absolute Gasteiger partial charge is 0.184 e. The lowest BCUT2D eigenvalue weighted by atomic mass is 9.45. The van der Waals surface area contributed by atoms with E-state index >= 15 is 0 Å². The molecular formula is C12H18N2S3. The lowest BCUT2D eigenvalue weighted by molar-refractivity contribution is -0.0851. The molecule has 3 saturated carbocycles. The van der Waals surface area contributed by atoms with E-state index in [0.29, 0.717) is 14.5 Å². The highest BCUT2D eigenvalue weighted by Crippen LogP contribution is 2.67. The van der Waals surface area contributed by atoms with Crippen molar-refractivity contribution in [3.05, 3.63) is 0 Å². The third-order valence-corrected chi connectivity index (χ3v) is 7.85. The van der Waals surface area contributed by atoms with Crippen LogP contribution in [0.3, 0.4) is 0 Å². The summed E-state index contributed by atoms with van der Waals surface area (Å²) in [4.78, 5) is 0. The van der Waals surface area contributed by atoms with Gasteiger partial charge in [-0.3, -0.25) is 0 Å². The Bertz CT molecular complexity index is 391. The number of hydrogen-bond donors (Lipinski definition) is 0. The van der Waals surface area contributed by atoms with Crippen molar-refractivity contribution in [2.24, 2.45) is 27.5 Å². The van der Waals surface area contributed by atoms with Crippen molar-refractivity contribution >= 4 is 40.1 Å². The minimum atomic E-state index is 0.209. The molecular weight excluding hydrogens is 268 g/mol. The minimum absolute atomic E-state index is 0.209. The topological polar surface area (TPSA) is 24.7 Å². The van der Waals surface area contributed by atoms with Crippen molar-refractivity contribution in [2.75, 3.05) is 0 Å². The molecule has 4 atom stereocenters. The minimum Gasteiger partial charge on any atom is -0.161 e. The molecule has 0 aromatic rings. The van der Waals surface area contributed by atoms with Gasteiger partial charge in [0, 0.05) is 4.75 Å². The van der Waals surface area contributed by atoms with Gasteiger partial charge in [0.1, 0.15) is 0 Å². The smallest absolute Gasteiger partial charge is 0.161 e. The lowest BCUT2D eigenvalue weighted by Gasteiger charge is -2.64. The Labute approximate surface area is 117 Å². The van der Waals surface area contributed by atoms with Gasteiger partial charge in [0.05, 0.1) is 0 Å². The summed E-state index contributed by atoms with van der Waals surface area (Å²) in [6.45, 7) is 7.31. The van der Waals surface area contributed by atoms with Gasteiger partial charge in [-0.25, -0.2) is 0 Å². The molecule has 1 aliphatic heterocycles. The van der Waals surface area contributed by atoms with E-state index in [0.717, 1.165) is 11.8 Å². The lowest BCUT2D eigenvalue weighted by Crippen LogP contribution is -2.59. The van der Waals surface area contributed by atoms with Crippen LogP contribution in [0.15, 0.2) is 10.2 Å². The van der Waals surface area contributed by atoms with Crippen molar-refractivity contribution in [3.63, 3.8) is 0 Å². The number of hydrogen-bond acceptors (Lipinski definition) is 4. The molecule has 0 aromatic carbocycles. The predicted molar refractivity (Wildman–Crippen MR) is 79.4 cm³/mol. The highest BCUT2D eigenvalue weighted by atomic mass is 32.2. The van der Waals surface area contributed by atoms with E-state index in [1.54, 1.807) is 11.8 Å². The summed E-state index contributed by atoms with van der Waals surface area (Å²) >= 11 is 8.71. The molecule has 4 rings (SSSR count). The van der Waals surface area contributed by atoms with E-state index in [2.05, 4.69) is 31.0 Å². The van der Waals surface area contributed by atoms with Gasteiger partial charge in [0.25, 0.3) is 0 Å². The standard InChI is InChI=1S/C12H18N2S3/c1-11(2)7-4-5-12(3,8(11)6-7)17-10-14-13-9(15)16-10/h7-8,10H,4-6H2,1-3H3. The van der Waals surface area contributed by atoms with E-state index < -0.39 is 0 Å². The summed E-state index contributed by atoms with van der Waals surface area (Å²) < 4.78 is 1.28. The molecule has 1 heterocycles. The average molecular weight is 286 g/mol. The van der Waals surface area contributed by atoms with E-state index in [9.17, 15) is 0 Å². The first kappa shape index (κ1) is 12.4. The summed E-state index contributed by atoms with van der Waals surface area (Å²) in [6, 6.07) is 0. The van der Waals surface area contributed by atoms with Gasteiger partial charge in [0.2, 0.25) is 0 Å². The Morgan fingerprint density at radius 1 is 1.41 bits per heavy atom. The zero-order chi connectivity index (χ0) is 12.3. The van der Waals surface area contributed by atoms with Crippen LogP contribution in [-0.4, -0.2) is 13.8 Å². The molecule has 4 aliphatic rings. The van der Waals surface area contributed by atoms with Crippen LogP contribution in [0.25, 0.3) is 0 Å². The zero-order valence-corrected chi connectivity index (χ0v) is 12.9.